The summed E-state index contributed by atoms with van der Waals surface area (Å²) >= 11 is 0. The fraction of sp³-hybridized carbons (Fsp3) is 0.321. The van der Waals surface area contributed by atoms with E-state index >= 15 is 0 Å². The molecule has 33 heavy (non-hydrogen) atoms. The van der Waals surface area contributed by atoms with Crippen molar-refractivity contribution in [3.8, 4) is 0 Å². The standard InChI is InChI=1S/C28H33BN3P/c1-19-17-28(2,3)32(29)18-33-27-24(19)22-15-10-16-23(26(22)31-27)30-25(20-11-6-4-7-12-20)21-13-8-5-9-14-21/h4-16,19,24,27,31,33H,17-18,29H2,1-3H3/t19?,24-,27-/m0/s1. The first kappa shape index (κ1) is 22.4. The van der Waals surface area contributed by atoms with Crippen molar-refractivity contribution in [1.82, 2.24) is 4.81 Å². The van der Waals surface area contributed by atoms with Crippen LogP contribution in [0.2, 0.25) is 0 Å². The topological polar surface area (TPSA) is 27.6 Å². The normalized spacial score (nSPS) is 24.8. The van der Waals surface area contributed by atoms with Gasteiger partial charge in [0.05, 0.1) is 22.9 Å². The number of benzene rings is 3. The Labute approximate surface area is 200 Å². The molecule has 2 unspecified atom stereocenters. The zero-order chi connectivity index (χ0) is 23.0. The molecule has 1 N–H and O–H groups in total. The summed E-state index contributed by atoms with van der Waals surface area (Å²) in [4.78, 5) is 7.84. The molecule has 0 aromatic heterocycles. The largest absolute Gasteiger partial charge is 0.376 e. The summed E-state index contributed by atoms with van der Waals surface area (Å²) in [5.74, 6) is 1.64. The molecule has 4 atom stereocenters. The van der Waals surface area contributed by atoms with E-state index in [4.69, 9.17) is 4.99 Å². The van der Waals surface area contributed by atoms with Gasteiger partial charge in [-0.1, -0.05) is 88.3 Å². The maximum absolute atomic E-state index is 5.29. The Morgan fingerprint density at radius 2 is 1.61 bits per heavy atom. The molecule has 0 saturated carbocycles. The molecule has 0 spiro atoms. The van der Waals surface area contributed by atoms with E-state index in [1.807, 2.05) is 0 Å². The van der Waals surface area contributed by atoms with Gasteiger partial charge in [-0.15, -0.1) is 0 Å². The second-order valence-corrected chi connectivity index (χ2v) is 11.5. The molecule has 3 aromatic carbocycles. The van der Waals surface area contributed by atoms with Crippen LogP contribution in [0.15, 0.2) is 83.9 Å². The molecule has 1 saturated heterocycles. The van der Waals surface area contributed by atoms with E-state index in [9.17, 15) is 0 Å². The molecule has 168 valence electrons. The summed E-state index contributed by atoms with van der Waals surface area (Å²) in [6.07, 6.45) is 2.34. The third kappa shape index (κ3) is 4.39. The van der Waals surface area contributed by atoms with Crippen molar-refractivity contribution in [2.24, 2.45) is 10.9 Å². The Bertz CT molecular complexity index is 1100. The molecule has 2 aliphatic rings. The number of rotatable bonds is 3. The summed E-state index contributed by atoms with van der Waals surface area (Å²) < 4.78 is 0. The van der Waals surface area contributed by atoms with Gasteiger partial charge in [0.1, 0.15) is 0 Å². The van der Waals surface area contributed by atoms with Gasteiger partial charge in [-0.3, -0.25) is 0 Å². The molecule has 0 bridgehead atoms. The zero-order valence-corrected chi connectivity index (χ0v) is 21.0. The number of nitrogens with one attached hydrogen (secondary N) is 1. The van der Waals surface area contributed by atoms with Crippen LogP contribution in [0, 0.1) is 5.92 Å². The predicted molar refractivity (Wildman–Crippen MR) is 146 cm³/mol. The zero-order valence-electron chi connectivity index (χ0n) is 20.0. The van der Waals surface area contributed by atoms with E-state index in [2.05, 4.69) is 118 Å². The van der Waals surface area contributed by atoms with Crippen molar-refractivity contribution < 1.29 is 0 Å². The van der Waals surface area contributed by atoms with Crippen molar-refractivity contribution in [1.29, 1.82) is 0 Å². The smallest absolute Gasteiger partial charge is 0.186 e. The van der Waals surface area contributed by atoms with Crippen molar-refractivity contribution in [2.45, 2.75) is 44.4 Å². The number of anilines is 1. The second-order valence-electron chi connectivity index (χ2n) is 10.1. The summed E-state index contributed by atoms with van der Waals surface area (Å²) in [6.45, 7) is 7.23. The predicted octanol–water partition coefficient (Wildman–Crippen LogP) is 6.00. The Morgan fingerprint density at radius 1 is 0.970 bits per heavy atom. The second kappa shape index (κ2) is 9.08. The molecule has 3 aromatic rings. The lowest BCUT2D eigenvalue weighted by Gasteiger charge is -2.43. The van der Waals surface area contributed by atoms with Crippen LogP contribution in [-0.2, 0) is 0 Å². The first-order valence-electron chi connectivity index (χ1n) is 12.0. The molecule has 5 rings (SSSR count). The Balaban J connectivity index is 1.59. The van der Waals surface area contributed by atoms with Crippen molar-refractivity contribution in [3.63, 3.8) is 0 Å². The van der Waals surface area contributed by atoms with Gasteiger partial charge in [-0.05, 0) is 37.8 Å². The van der Waals surface area contributed by atoms with Crippen LogP contribution in [0.25, 0.3) is 0 Å². The highest BCUT2D eigenvalue weighted by molar-refractivity contribution is 7.39. The van der Waals surface area contributed by atoms with Crippen LogP contribution < -0.4 is 5.32 Å². The van der Waals surface area contributed by atoms with Crippen LogP contribution in [0.4, 0.5) is 11.4 Å². The van der Waals surface area contributed by atoms with E-state index in [0.29, 0.717) is 17.6 Å². The summed E-state index contributed by atoms with van der Waals surface area (Å²) in [5, 5.41) is 3.94. The summed E-state index contributed by atoms with van der Waals surface area (Å²) in [6, 6.07) is 27.8. The van der Waals surface area contributed by atoms with Crippen molar-refractivity contribution in [2.75, 3.05) is 11.6 Å². The highest BCUT2D eigenvalue weighted by Crippen LogP contribution is 2.53. The van der Waals surface area contributed by atoms with E-state index < -0.39 is 0 Å². The number of hydrogen-bond donors (Lipinski definition) is 1. The quantitative estimate of drug-likeness (QED) is 0.300. The van der Waals surface area contributed by atoms with Crippen molar-refractivity contribution >= 4 is 33.6 Å². The molecule has 0 aliphatic carbocycles. The molecule has 5 heteroatoms. The number of para-hydroxylation sites is 1. The van der Waals surface area contributed by atoms with Gasteiger partial charge >= 0.3 is 0 Å². The highest BCUT2D eigenvalue weighted by atomic mass is 31.1. The average Bonchev–Trinajstić information content (AvgIpc) is 3.20. The number of hydrogen-bond acceptors (Lipinski definition) is 3. The van der Waals surface area contributed by atoms with Crippen LogP contribution in [0.5, 0.6) is 0 Å². The van der Waals surface area contributed by atoms with Gasteiger partial charge in [-0.25, -0.2) is 4.99 Å². The third-order valence-corrected chi connectivity index (χ3v) is 9.04. The third-order valence-electron chi connectivity index (χ3n) is 7.44. The maximum atomic E-state index is 5.29. The first-order valence-corrected chi connectivity index (χ1v) is 13.3. The minimum atomic E-state index is 0.226. The van der Waals surface area contributed by atoms with Gasteiger partial charge < -0.3 is 10.1 Å². The molecule has 2 heterocycles. The molecule has 3 nitrogen and oxygen atoms in total. The van der Waals surface area contributed by atoms with Crippen LogP contribution >= 0.6 is 8.58 Å². The minimum Gasteiger partial charge on any atom is -0.376 e. The van der Waals surface area contributed by atoms with E-state index in [0.717, 1.165) is 37.4 Å². The SMILES string of the molecule is BN1CP[C@@H]2Nc3c(N=C(c4ccccc4)c4ccccc4)cccc3[C@@H]2C(C)CC1(C)C. The number of fused-ring (bicyclic) bond motifs is 3. The van der Waals surface area contributed by atoms with E-state index in [1.165, 1.54) is 17.7 Å². The monoisotopic (exact) mass is 453 g/mol. The maximum Gasteiger partial charge on any atom is 0.186 e. The molecule has 1 fully saturated rings. The first-order chi connectivity index (χ1) is 15.9. The molecular formula is C28H33BN3P. The molecular weight excluding hydrogens is 420 g/mol. The lowest BCUT2D eigenvalue weighted by molar-refractivity contribution is 0.197. The fourth-order valence-electron chi connectivity index (χ4n) is 5.45. The molecule has 0 amide bonds. The number of nitrogens with zero attached hydrogens (tertiary/aromatic N) is 2. The van der Waals surface area contributed by atoms with Gasteiger partial charge in [0.15, 0.2) is 7.98 Å². The molecule has 0 radical (unpaired) electrons. The summed E-state index contributed by atoms with van der Waals surface area (Å²) in [5.41, 5.74) is 7.26. The summed E-state index contributed by atoms with van der Waals surface area (Å²) in [7, 11) is 3.14. The fourth-order valence-corrected chi connectivity index (χ4v) is 7.36. The lowest BCUT2D eigenvalue weighted by Crippen LogP contribution is -2.46. The van der Waals surface area contributed by atoms with Gasteiger partial charge in [0.25, 0.3) is 0 Å². The Hall–Kier alpha value is -2.42. The number of aliphatic imine (C=N–C) groups is 1. The van der Waals surface area contributed by atoms with Gasteiger partial charge in [0, 0.05) is 28.9 Å². The highest BCUT2D eigenvalue weighted by Gasteiger charge is 2.41. The minimum absolute atomic E-state index is 0.226. The average molecular weight is 453 g/mol. The van der Waals surface area contributed by atoms with Crippen LogP contribution in [-0.4, -0.2) is 36.1 Å². The van der Waals surface area contributed by atoms with Crippen molar-refractivity contribution in [3.05, 3.63) is 95.6 Å². The van der Waals surface area contributed by atoms with Gasteiger partial charge in [0.2, 0.25) is 0 Å². The Morgan fingerprint density at radius 3 is 2.24 bits per heavy atom. The van der Waals surface area contributed by atoms with E-state index in [-0.39, 0.29) is 5.54 Å². The van der Waals surface area contributed by atoms with E-state index in [1.54, 1.807) is 0 Å². The Kier molecular flexibility index (Phi) is 6.16. The van der Waals surface area contributed by atoms with Crippen LogP contribution in [0.1, 0.15) is 49.8 Å². The molecule has 2 aliphatic heterocycles. The van der Waals surface area contributed by atoms with Gasteiger partial charge in [-0.2, -0.15) is 0 Å². The van der Waals surface area contributed by atoms with Crippen LogP contribution in [0.3, 0.4) is 0 Å². The lowest BCUT2D eigenvalue weighted by atomic mass is 9.79.